The van der Waals surface area contributed by atoms with Crippen molar-refractivity contribution in [3.63, 3.8) is 0 Å². The van der Waals surface area contributed by atoms with Crippen molar-refractivity contribution in [2.45, 2.75) is 26.3 Å². The zero-order valence-electron chi connectivity index (χ0n) is 14.9. The van der Waals surface area contributed by atoms with Crippen LogP contribution in [0, 0.1) is 0 Å². The topological polar surface area (TPSA) is 97.1 Å². The minimum Gasteiger partial charge on any atom is -0.352 e. The number of carbonyl (C=O) groups excluding carboxylic acids is 2. The smallest absolute Gasteiger partial charge is 0.251 e. The zero-order valence-corrected chi connectivity index (χ0v) is 15.7. The number of nitrogens with zero attached hydrogens (tertiary/aromatic N) is 2. The molecular formula is C19H20N4O3S. The number of aromatic nitrogens is 2. The summed E-state index contributed by atoms with van der Waals surface area (Å²) in [6.45, 7) is 2.86. The van der Waals surface area contributed by atoms with E-state index < -0.39 is 0 Å². The van der Waals surface area contributed by atoms with Crippen LogP contribution in [-0.4, -0.2) is 28.5 Å². The van der Waals surface area contributed by atoms with Crippen molar-refractivity contribution < 1.29 is 14.1 Å². The molecule has 2 heterocycles. The third-order valence-electron chi connectivity index (χ3n) is 3.82. The Morgan fingerprint density at radius 2 is 1.96 bits per heavy atom. The van der Waals surface area contributed by atoms with Gasteiger partial charge in [-0.2, -0.15) is 4.98 Å². The number of benzene rings is 1. The van der Waals surface area contributed by atoms with Gasteiger partial charge in [-0.25, -0.2) is 0 Å². The molecule has 0 atom stereocenters. The summed E-state index contributed by atoms with van der Waals surface area (Å²) in [6.07, 6.45) is 0.656. The monoisotopic (exact) mass is 384 g/mol. The van der Waals surface area contributed by atoms with Gasteiger partial charge >= 0.3 is 0 Å². The van der Waals surface area contributed by atoms with Gasteiger partial charge in [0.05, 0.1) is 4.88 Å². The summed E-state index contributed by atoms with van der Waals surface area (Å²) < 4.78 is 5.18. The molecule has 0 unspecified atom stereocenters. The first-order chi connectivity index (χ1) is 13.2. The van der Waals surface area contributed by atoms with E-state index in [0.717, 1.165) is 10.4 Å². The highest BCUT2D eigenvalue weighted by Crippen LogP contribution is 2.21. The molecule has 0 saturated carbocycles. The Morgan fingerprint density at radius 1 is 1.15 bits per heavy atom. The maximum Gasteiger partial charge on any atom is 0.251 e. The first-order valence-corrected chi connectivity index (χ1v) is 9.54. The quantitative estimate of drug-likeness (QED) is 0.622. The number of thiophene rings is 1. The molecule has 7 nitrogen and oxygen atoms in total. The molecule has 1 aromatic carbocycles. The van der Waals surface area contributed by atoms with Crippen molar-refractivity contribution in [2.24, 2.45) is 0 Å². The van der Waals surface area contributed by atoms with Crippen LogP contribution in [0.15, 0.2) is 46.3 Å². The zero-order chi connectivity index (χ0) is 19.1. The molecule has 0 aliphatic rings. The minimum absolute atomic E-state index is 0.0984. The summed E-state index contributed by atoms with van der Waals surface area (Å²) in [7, 11) is 0. The van der Waals surface area contributed by atoms with Crippen LogP contribution in [0.1, 0.15) is 35.2 Å². The highest BCUT2D eigenvalue weighted by Gasteiger charge is 2.11. The third-order valence-corrected chi connectivity index (χ3v) is 4.68. The maximum absolute atomic E-state index is 12.0. The van der Waals surface area contributed by atoms with Gasteiger partial charge in [0.15, 0.2) is 0 Å². The number of aryl methyl sites for hydroxylation is 1. The third kappa shape index (κ3) is 5.24. The van der Waals surface area contributed by atoms with E-state index in [-0.39, 0.29) is 18.2 Å². The van der Waals surface area contributed by atoms with Crippen molar-refractivity contribution in [2.75, 3.05) is 6.54 Å². The molecule has 2 amide bonds. The summed E-state index contributed by atoms with van der Waals surface area (Å²) in [6, 6.07) is 11.0. The molecular weight excluding hydrogens is 364 g/mol. The summed E-state index contributed by atoms with van der Waals surface area (Å²) in [5.74, 6) is 0.792. The summed E-state index contributed by atoms with van der Waals surface area (Å²) in [5, 5.41) is 11.5. The standard InChI is InChI=1S/C19H20N4O3S/c1-2-20-19(25)14-7-5-13(6-8-14)12-21-16(24)9-10-17-22-18(23-26-17)15-4-3-11-27-15/h3-8,11H,2,9-10,12H2,1H3,(H,20,25)(H,21,24). The number of amides is 2. The van der Waals surface area contributed by atoms with Gasteiger partial charge in [0.25, 0.3) is 5.91 Å². The molecule has 8 heteroatoms. The maximum atomic E-state index is 12.0. The second kappa shape index (κ2) is 9.09. The summed E-state index contributed by atoms with van der Waals surface area (Å²) in [4.78, 5) is 29.0. The van der Waals surface area contributed by atoms with Crippen molar-refractivity contribution in [1.29, 1.82) is 0 Å². The average Bonchev–Trinajstić information content (AvgIpc) is 3.37. The lowest BCUT2D eigenvalue weighted by Crippen LogP contribution is -2.24. The normalized spacial score (nSPS) is 10.6. The van der Waals surface area contributed by atoms with Gasteiger partial charge in [-0.3, -0.25) is 9.59 Å². The van der Waals surface area contributed by atoms with Crippen molar-refractivity contribution >= 4 is 23.2 Å². The molecule has 3 rings (SSSR count). The van der Waals surface area contributed by atoms with Crippen LogP contribution in [-0.2, 0) is 17.8 Å². The van der Waals surface area contributed by atoms with Crippen LogP contribution >= 0.6 is 11.3 Å². The number of rotatable bonds is 8. The molecule has 0 bridgehead atoms. The van der Waals surface area contributed by atoms with E-state index in [1.807, 2.05) is 36.6 Å². The highest BCUT2D eigenvalue weighted by atomic mass is 32.1. The molecule has 0 aliphatic carbocycles. The van der Waals surface area contributed by atoms with E-state index >= 15 is 0 Å². The van der Waals surface area contributed by atoms with E-state index in [2.05, 4.69) is 20.8 Å². The van der Waals surface area contributed by atoms with Crippen LogP contribution in [0.4, 0.5) is 0 Å². The van der Waals surface area contributed by atoms with Gasteiger partial charge in [-0.1, -0.05) is 23.4 Å². The van der Waals surface area contributed by atoms with Gasteiger partial charge in [0.2, 0.25) is 17.6 Å². The lowest BCUT2D eigenvalue weighted by atomic mass is 10.1. The molecule has 2 N–H and O–H groups in total. The van der Waals surface area contributed by atoms with Crippen LogP contribution in [0.25, 0.3) is 10.7 Å². The largest absolute Gasteiger partial charge is 0.352 e. The molecule has 0 spiro atoms. The SMILES string of the molecule is CCNC(=O)c1ccc(CNC(=O)CCc2nc(-c3cccs3)no2)cc1. The first-order valence-electron chi connectivity index (χ1n) is 8.66. The molecule has 140 valence electrons. The van der Waals surface area contributed by atoms with Gasteiger partial charge in [-0.05, 0) is 36.1 Å². The summed E-state index contributed by atoms with van der Waals surface area (Å²) in [5.41, 5.74) is 1.53. The average molecular weight is 384 g/mol. The number of nitrogens with one attached hydrogen (secondary N) is 2. The van der Waals surface area contributed by atoms with Gasteiger partial charge in [-0.15, -0.1) is 11.3 Å². The van der Waals surface area contributed by atoms with E-state index in [9.17, 15) is 9.59 Å². The Bertz CT molecular complexity index is 888. The minimum atomic E-state index is -0.102. The Balaban J connectivity index is 1.44. The van der Waals surface area contributed by atoms with Crippen LogP contribution in [0.2, 0.25) is 0 Å². The Morgan fingerprint density at radius 3 is 2.67 bits per heavy atom. The molecule has 27 heavy (non-hydrogen) atoms. The molecule has 0 saturated heterocycles. The van der Waals surface area contributed by atoms with E-state index in [0.29, 0.717) is 36.8 Å². The van der Waals surface area contributed by atoms with Gasteiger partial charge in [0, 0.05) is 31.5 Å². The number of carbonyl (C=O) groups is 2. The fourth-order valence-corrected chi connectivity index (χ4v) is 3.06. The lowest BCUT2D eigenvalue weighted by molar-refractivity contribution is -0.121. The molecule has 3 aromatic rings. The summed E-state index contributed by atoms with van der Waals surface area (Å²) >= 11 is 1.54. The second-order valence-electron chi connectivity index (χ2n) is 5.82. The van der Waals surface area contributed by atoms with Crippen molar-refractivity contribution in [3.8, 4) is 10.7 Å². The molecule has 0 fully saturated rings. The van der Waals surface area contributed by atoms with Gasteiger partial charge < -0.3 is 15.2 Å². The first kappa shape index (κ1) is 18.8. The van der Waals surface area contributed by atoms with Crippen molar-refractivity contribution in [1.82, 2.24) is 20.8 Å². The number of hydrogen-bond donors (Lipinski definition) is 2. The fourth-order valence-electron chi connectivity index (χ4n) is 2.41. The van der Waals surface area contributed by atoms with Crippen LogP contribution in [0.5, 0.6) is 0 Å². The van der Waals surface area contributed by atoms with Crippen LogP contribution in [0.3, 0.4) is 0 Å². The van der Waals surface area contributed by atoms with Crippen molar-refractivity contribution in [3.05, 3.63) is 58.8 Å². The Labute approximate surface area is 160 Å². The molecule has 2 aromatic heterocycles. The van der Waals surface area contributed by atoms with E-state index in [1.165, 1.54) is 11.3 Å². The van der Waals surface area contributed by atoms with Crippen LogP contribution < -0.4 is 10.6 Å². The second-order valence-corrected chi connectivity index (χ2v) is 6.77. The predicted octanol–water partition coefficient (Wildman–Crippen LogP) is 2.80. The Hall–Kier alpha value is -3.00. The fraction of sp³-hybridized carbons (Fsp3) is 0.263. The van der Waals surface area contributed by atoms with E-state index in [4.69, 9.17) is 4.52 Å². The van der Waals surface area contributed by atoms with Gasteiger partial charge in [0.1, 0.15) is 0 Å². The molecule has 0 aliphatic heterocycles. The number of hydrogen-bond acceptors (Lipinski definition) is 6. The lowest BCUT2D eigenvalue weighted by Gasteiger charge is -2.06. The molecule has 0 radical (unpaired) electrons. The van der Waals surface area contributed by atoms with E-state index in [1.54, 1.807) is 12.1 Å². The highest BCUT2D eigenvalue weighted by molar-refractivity contribution is 7.13. The predicted molar refractivity (Wildman–Crippen MR) is 102 cm³/mol. The Kier molecular flexibility index (Phi) is 6.32.